The van der Waals surface area contributed by atoms with Crippen molar-refractivity contribution < 1.29 is 0 Å². The highest BCUT2D eigenvalue weighted by molar-refractivity contribution is 9.10. The standard InChI is InChI=1S/C19H22BrN3/c1-14-3-2-4-15(7-14)10-22-12-19-8-18(22)13-23(19)11-17-6-5-16(20)9-21-17/h2-7,9,18-19H,8,10-13H2,1H3. The number of nitrogens with zero attached hydrogens (tertiary/aromatic N) is 3. The van der Waals surface area contributed by atoms with E-state index in [9.17, 15) is 0 Å². The molecule has 2 fully saturated rings. The van der Waals surface area contributed by atoms with Crippen LogP contribution in [0.5, 0.6) is 0 Å². The molecule has 0 N–H and O–H groups in total. The zero-order valence-corrected chi connectivity index (χ0v) is 15.0. The largest absolute Gasteiger partial charge is 0.293 e. The Labute approximate surface area is 146 Å². The average Bonchev–Trinajstić information content (AvgIpc) is 3.09. The molecule has 2 aliphatic heterocycles. The normalized spacial score (nSPS) is 24.4. The highest BCUT2D eigenvalue weighted by atomic mass is 79.9. The van der Waals surface area contributed by atoms with E-state index in [0.717, 1.165) is 17.6 Å². The zero-order chi connectivity index (χ0) is 15.8. The third-order valence-electron chi connectivity index (χ3n) is 5.09. The van der Waals surface area contributed by atoms with Crippen LogP contribution in [0.2, 0.25) is 0 Å². The molecule has 2 aromatic rings. The van der Waals surface area contributed by atoms with Gasteiger partial charge in [0.1, 0.15) is 0 Å². The number of aromatic nitrogens is 1. The Kier molecular flexibility index (Phi) is 4.22. The van der Waals surface area contributed by atoms with Gasteiger partial charge in [0.05, 0.1) is 5.69 Å². The first-order chi connectivity index (χ1) is 11.2. The fourth-order valence-electron chi connectivity index (χ4n) is 3.97. The van der Waals surface area contributed by atoms with Crippen LogP contribution in [0.25, 0.3) is 0 Å². The smallest absolute Gasteiger partial charge is 0.0544 e. The van der Waals surface area contributed by atoms with Crippen molar-refractivity contribution in [3.05, 3.63) is 63.9 Å². The van der Waals surface area contributed by atoms with Gasteiger partial charge in [0.15, 0.2) is 0 Å². The first kappa shape index (κ1) is 15.3. The zero-order valence-electron chi connectivity index (χ0n) is 13.5. The molecule has 0 aliphatic carbocycles. The Hall–Kier alpha value is -1.23. The molecule has 2 aliphatic rings. The van der Waals surface area contributed by atoms with Gasteiger partial charge >= 0.3 is 0 Å². The van der Waals surface area contributed by atoms with Crippen molar-refractivity contribution in [1.29, 1.82) is 0 Å². The minimum Gasteiger partial charge on any atom is -0.293 e. The van der Waals surface area contributed by atoms with Crippen molar-refractivity contribution >= 4 is 15.9 Å². The average molecular weight is 372 g/mol. The minimum absolute atomic E-state index is 0.690. The molecule has 120 valence electrons. The van der Waals surface area contributed by atoms with Gasteiger partial charge in [0.2, 0.25) is 0 Å². The molecule has 0 saturated carbocycles. The second-order valence-corrected chi connectivity index (χ2v) is 7.77. The number of fused-ring (bicyclic) bond motifs is 2. The molecule has 23 heavy (non-hydrogen) atoms. The Morgan fingerprint density at radius 3 is 2.52 bits per heavy atom. The summed E-state index contributed by atoms with van der Waals surface area (Å²) >= 11 is 3.45. The van der Waals surface area contributed by atoms with Crippen molar-refractivity contribution in [2.75, 3.05) is 13.1 Å². The summed E-state index contributed by atoms with van der Waals surface area (Å²) in [5.41, 5.74) is 3.97. The van der Waals surface area contributed by atoms with Gasteiger partial charge in [-0.25, -0.2) is 0 Å². The molecule has 3 nitrogen and oxygen atoms in total. The summed E-state index contributed by atoms with van der Waals surface area (Å²) in [5, 5.41) is 0. The van der Waals surface area contributed by atoms with Gasteiger partial charge in [-0.2, -0.15) is 0 Å². The van der Waals surface area contributed by atoms with Gasteiger partial charge in [-0.1, -0.05) is 29.8 Å². The van der Waals surface area contributed by atoms with Crippen molar-refractivity contribution in [2.45, 2.75) is 38.5 Å². The molecule has 2 atom stereocenters. The van der Waals surface area contributed by atoms with Gasteiger partial charge in [0.25, 0.3) is 0 Å². The summed E-state index contributed by atoms with van der Waals surface area (Å²) in [6, 6.07) is 14.5. The summed E-state index contributed by atoms with van der Waals surface area (Å²) in [6.45, 7) is 6.61. The van der Waals surface area contributed by atoms with E-state index in [1.54, 1.807) is 0 Å². The SMILES string of the molecule is Cc1cccc(CN2CC3CC2CN3Cc2ccc(Br)cn2)c1. The van der Waals surface area contributed by atoms with E-state index in [1.165, 1.54) is 36.3 Å². The lowest BCUT2D eigenvalue weighted by molar-refractivity contribution is 0.117. The number of hydrogen-bond donors (Lipinski definition) is 0. The summed E-state index contributed by atoms with van der Waals surface area (Å²) in [7, 11) is 0. The third kappa shape index (κ3) is 3.35. The van der Waals surface area contributed by atoms with Gasteiger partial charge in [-0.3, -0.25) is 14.8 Å². The number of rotatable bonds is 4. The molecule has 2 saturated heterocycles. The van der Waals surface area contributed by atoms with E-state index < -0.39 is 0 Å². The molecule has 0 spiro atoms. The predicted octanol–water partition coefficient (Wildman–Crippen LogP) is 3.61. The number of likely N-dealkylation sites (tertiary alicyclic amines) is 2. The maximum atomic E-state index is 4.52. The van der Waals surface area contributed by atoms with Crippen molar-refractivity contribution in [3.8, 4) is 0 Å². The van der Waals surface area contributed by atoms with Crippen LogP contribution < -0.4 is 0 Å². The molecule has 2 bridgehead atoms. The lowest BCUT2D eigenvalue weighted by atomic mass is 10.1. The molecule has 2 unspecified atom stereocenters. The topological polar surface area (TPSA) is 19.4 Å². The highest BCUT2D eigenvalue weighted by Crippen LogP contribution is 2.32. The van der Waals surface area contributed by atoms with Crippen LogP contribution >= 0.6 is 15.9 Å². The summed E-state index contributed by atoms with van der Waals surface area (Å²) in [5.74, 6) is 0. The maximum Gasteiger partial charge on any atom is 0.0544 e. The van der Waals surface area contributed by atoms with E-state index in [2.05, 4.69) is 74.0 Å². The number of aryl methyl sites for hydroxylation is 1. The molecule has 1 aromatic heterocycles. The van der Waals surface area contributed by atoms with Gasteiger partial charge in [-0.05, 0) is 47.0 Å². The molecule has 4 heteroatoms. The second-order valence-electron chi connectivity index (χ2n) is 6.86. The van der Waals surface area contributed by atoms with Gasteiger partial charge in [-0.15, -0.1) is 0 Å². The second kappa shape index (κ2) is 6.34. The van der Waals surface area contributed by atoms with Crippen LogP contribution in [0, 0.1) is 6.92 Å². The molecule has 1 aromatic carbocycles. The van der Waals surface area contributed by atoms with Gasteiger partial charge in [0, 0.05) is 48.9 Å². The predicted molar refractivity (Wildman–Crippen MR) is 96.1 cm³/mol. The summed E-state index contributed by atoms with van der Waals surface area (Å²) in [6.07, 6.45) is 3.20. The van der Waals surface area contributed by atoms with Crippen LogP contribution in [-0.4, -0.2) is 40.0 Å². The van der Waals surface area contributed by atoms with Gasteiger partial charge < -0.3 is 0 Å². The van der Waals surface area contributed by atoms with Crippen LogP contribution in [-0.2, 0) is 13.1 Å². The van der Waals surface area contributed by atoms with Crippen LogP contribution in [0.15, 0.2) is 47.1 Å². The first-order valence-electron chi connectivity index (χ1n) is 8.31. The number of halogens is 1. The Bertz CT molecular complexity index is 685. The monoisotopic (exact) mass is 371 g/mol. The van der Waals surface area contributed by atoms with Crippen LogP contribution in [0.1, 0.15) is 23.2 Å². The summed E-state index contributed by atoms with van der Waals surface area (Å²) in [4.78, 5) is 9.78. The first-order valence-corrected chi connectivity index (χ1v) is 9.11. The van der Waals surface area contributed by atoms with E-state index in [4.69, 9.17) is 0 Å². The minimum atomic E-state index is 0.690. The maximum absolute atomic E-state index is 4.52. The molecule has 3 heterocycles. The van der Waals surface area contributed by atoms with E-state index in [0.29, 0.717) is 12.1 Å². The number of hydrogen-bond acceptors (Lipinski definition) is 3. The quantitative estimate of drug-likeness (QED) is 0.818. The highest BCUT2D eigenvalue weighted by Gasteiger charge is 2.42. The molecular weight excluding hydrogens is 350 g/mol. The van der Waals surface area contributed by atoms with Crippen LogP contribution in [0.3, 0.4) is 0 Å². The van der Waals surface area contributed by atoms with E-state index >= 15 is 0 Å². The Morgan fingerprint density at radius 1 is 1.09 bits per heavy atom. The Morgan fingerprint density at radius 2 is 1.87 bits per heavy atom. The number of piperazine rings is 1. The molecule has 0 radical (unpaired) electrons. The van der Waals surface area contributed by atoms with E-state index in [-0.39, 0.29) is 0 Å². The van der Waals surface area contributed by atoms with E-state index in [1.807, 2.05) is 6.20 Å². The Balaban J connectivity index is 1.37. The van der Waals surface area contributed by atoms with Crippen molar-refractivity contribution in [2.24, 2.45) is 0 Å². The third-order valence-corrected chi connectivity index (χ3v) is 5.56. The lowest BCUT2D eigenvalue weighted by Crippen LogP contribution is -2.45. The van der Waals surface area contributed by atoms with Crippen LogP contribution in [0.4, 0.5) is 0 Å². The molecular formula is C19H22BrN3. The summed E-state index contributed by atoms with van der Waals surface area (Å²) < 4.78 is 1.05. The number of benzene rings is 1. The van der Waals surface area contributed by atoms with Crippen molar-refractivity contribution in [1.82, 2.24) is 14.8 Å². The number of pyridine rings is 1. The molecule has 4 rings (SSSR count). The molecule has 0 amide bonds. The lowest BCUT2D eigenvalue weighted by Gasteiger charge is -2.34. The van der Waals surface area contributed by atoms with Crippen molar-refractivity contribution in [3.63, 3.8) is 0 Å². The fraction of sp³-hybridized carbons (Fsp3) is 0.421. The fourth-order valence-corrected chi connectivity index (χ4v) is 4.21.